The number of hydrogen-bond donors (Lipinski definition) is 2. The Hall–Kier alpha value is -2.09. The molecule has 0 aliphatic carbocycles. The molecule has 0 heterocycles. The summed E-state index contributed by atoms with van der Waals surface area (Å²) < 4.78 is 33.1. The van der Waals surface area contributed by atoms with Crippen LogP contribution in [0.15, 0.2) is 18.2 Å². The van der Waals surface area contributed by atoms with Gasteiger partial charge in [0, 0.05) is 13.5 Å². The van der Waals surface area contributed by atoms with Gasteiger partial charge in [-0.1, -0.05) is 6.07 Å². The first-order valence-corrected chi connectivity index (χ1v) is 10.6. The molecule has 1 unspecified atom stereocenters. The average molecular weight is 417 g/mol. The minimum atomic E-state index is -3.68. The number of nitrogens with one attached hydrogen (secondary N) is 1. The van der Waals surface area contributed by atoms with Crippen LogP contribution in [0.2, 0.25) is 0 Å². The molecule has 0 saturated carbocycles. The van der Waals surface area contributed by atoms with Crippen molar-refractivity contribution in [3.8, 4) is 11.5 Å². The minimum absolute atomic E-state index is 0.0425. The highest BCUT2D eigenvalue weighted by Crippen LogP contribution is 2.46. The van der Waals surface area contributed by atoms with Crippen molar-refractivity contribution in [3.63, 3.8) is 0 Å². The molecule has 0 spiro atoms. The third kappa shape index (κ3) is 7.88. The van der Waals surface area contributed by atoms with Gasteiger partial charge in [0.05, 0.1) is 13.2 Å². The summed E-state index contributed by atoms with van der Waals surface area (Å²) in [7, 11) is -1.04. The van der Waals surface area contributed by atoms with Crippen molar-refractivity contribution in [3.05, 3.63) is 23.8 Å². The van der Waals surface area contributed by atoms with Gasteiger partial charge in [-0.05, 0) is 44.9 Å². The topological polar surface area (TPSA) is 120 Å². The van der Waals surface area contributed by atoms with Crippen LogP contribution in [-0.2, 0) is 34.8 Å². The summed E-state index contributed by atoms with van der Waals surface area (Å²) in [6.45, 7) is 4.90. The molecular formula is C18H28NO8P. The number of phenolic OH excluding ortho intramolecular Hbond substituents is 1. The zero-order valence-electron chi connectivity index (χ0n) is 16.8. The smallest absolute Gasteiger partial charge is 0.342 e. The van der Waals surface area contributed by atoms with E-state index in [1.165, 1.54) is 33.3 Å². The molecule has 0 bridgehead atoms. The summed E-state index contributed by atoms with van der Waals surface area (Å²) in [6, 6.07) is 3.56. The van der Waals surface area contributed by atoms with Gasteiger partial charge in [-0.2, -0.15) is 0 Å². The van der Waals surface area contributed by atoms with E-state index < -0.39 is 19.5 Å². The summed E-state index contributed by atoms with van der Waals surface area (Å²) in [5, 5.41) is 12.8. The van der Waals surface area contributed by atoms with E-state index in [0.717, 1.165) is 0 Å². The van der Waals surface area contributed by atoms with E-state index >= 15 is 0 Å². The highest BCUT2D eigenvalue weighted by molar-refractivity contribution is 7.57. The monoisotopic (exact) mass is 417 g/mol. The van der Waals surface area contributed by atoms with Crippen molar-refractivity contribution in [1.29, 1.82) is 0 Å². The number of hydrogen-bond acceptors (Lipinski definition) is 8. The Morgan fingerprint density at radius 1 is 1.21 bits per heavy atom. The number of esters is 2. The molecule has 1 rings (SSSR count). The zero-order chi connectivity index (χ0) is 21.3. The predicted molar refractivity (Wildman–Crippen MR) is 102 cm³/mol. The standard InChI is InChI=1S/C18H28NO8P/c1-12(2)26-18(22)13(3)19-28(23,11-24-4)27-16-8-6-14(10-15(16)20)7-9-17(21)25-5/h6,8,10,12-13,20H,7,9,11H2,1-5H3,(H,19,23)/t13-,28?/m0/s1. The van der Waals surface area contributed by atoms with Crippen LogP contribution in [0.3, 0.4) is 0 Å². The van der Waals surface area contributed by atoms with Gasteiger partial charge in [0.25, 0.3) is 0 Å². The number of phenols is 1. The molecule has 0 fully saturated rings. The fourth-order valence-corrected chi connectivity index (χ4v) is 3.93. The molecule has 1 aromatic rings. The number of carbonyl (C=O) groups is 2. The molecule has 0 aliphatic rings. The van der Waals surface area contributed by atoms with E-state index in [-0.39, 0.29) is 36.3 Å². The van der Waals surface area contributed by atoms with Gasteiger partial charge in [0.1, 0.15) is 12.4 Å². The zero-order valence-corrected chi connectivity index (χ0v) is 17.7. The number of aromatic hydroxyl groups is 1. The first kappa shape index (κ1) is 23.9. The van der Waals surface area contributed by atoms with Crippen LogP contribution in [0.5, 0.6) is 11.5 Å². The Bertz CT molecular complexity index is 722. The Balaban J connectivity index is 2.88. The SMILES string of the molecule is COCP(=O)(N[C@@H](C)C(=O)OC(C)C)Oc1ccc(CCC(=O)OC)cc1O. The predicted octanol–water partition coefficient (Wildman–Crippen LogP) is 2.60. The van der Waals surface area contributed by atoms with Crippen LogP contribution in [0.1, 0.15) is 32.8 Å². The second-order valence-corrected chi connectivity index (χ2v) is 8.44. The molecule has 9 nitrogen and oxygen atoms in total. The quantitative estimate of drug-likeness (QED) is 0.413. The van der Waals surface area contributed by atoms with E-state index in [0.29, 0.717) is 12.0 Å². The van der Waals surface area contributed by atoms with E-state index in [1.54, 1.807) is 19.9 Å². The van der Waals surface area contributed by atoms with Gasteiger partial charge in [-0.3, -0.25) is 14.2 Å². The first-order valence-electron chi connectivity index (χ1n) is 8.74. The van der Waals surface area contributed by atoms with Crippen LogP contribution in [0.25, 0.3) is 0 Å². The number of aryl methyl sites for hydroxylation is 1. The fraction of sp³-hybridized carbons (Fsp3) is 0.556. The van der Waals surface area contributed by atoms with Crippen LogP contribution >= 0.6 is 7.52 Å². The fourth-order valence-electron chi connectivity index (χ4n) is 2.25. The highest BCUT2D eigenvalue weighted by Gasteiger charge is 2.31. The molecule has 1 aromatic carbocycles. The second kappa shape index (κ2) is 11.0. The molecule has 28 heavy (non-hydrogen) atoms. The van der Waals surface area contributed by atoms with Crippen molar-refractivity contribution in [2.45, 2.75) is 45.8 Å². The third-order valence-corrected chi connectivity index (χ3v) is 5.38. The van der Waals surface area contributed by atoms with Crippen LogP contribution in [0.4, 0.5) is 0 Å². The highest BCUT2D eigenvalue weighted by atomic mass is 31.2. The molecule has 10 heteroatoms. The maximum atomic E-state index is 13.0. The largest absolute Gasteiger partial charge is 0.504 e. The number of benzene rings is 1. The lowest BCUT2D eigenvalue weighted by molar-refractivity contribution is -0.149. The summed E-state index contributed by atoms with van der Waals surface area (Å²) in [5.41, 5.74) is 0.679. The lowest BCUT2D eigenvalue weighted by Gasteiger charge is -2.24. The molecule has 0 amide bonds. The number of carbonyl (C=O) groups excluding carboxylic acids is 2. The van der Waals surface area contributed by atoms with Gasteiger partial charge in [0.2, 0.25) is 0 Å². The second-order valence-electron chi connectivity index (χ2n) is 6.40. The van der Waals surface area contributed by atoms with Crippen molar-refractivity contribution >= 4 is 19.5 Å². The Kier molecular flexibility index (Phi) is 9.45. The molecule has 158 valence electrons. The van der Waals surface area contributed by atoms with E-state index in [9.17, 15) is 19.3 Å². The van der Waals surface area contributed by atoms with Crippen LogP contribution in [0, 0.1) is 0 Å². The van der Waals surface area contributed by atoms with Crippen LogP contribution in [-0.4, -0.2) is 49.8 Å². The summed E-state index contributed by atoms with van der Waals surface area (Å²) in [4.78, 5) is 23.2. The van der Waals surface area contributed by atoms with Gasteiger partial charge in [-0.25, -0.2) is 5.09 Å². The van der Waals surface area contributed by atoms with E-state index in [4.69, 9.17) is 14.0 Å². The number of methoxy groups -OCH3 is 2. The lowest BCUT2D eigenvalue weighted by atomic mass is 10.1. The molecule has 0 aliphatic heterocycles. The van der Waals surface area contributed by atoms with Gasteiger partial charge >= 0.3 is 19.5 Å². The molecule has 0 radical (unpaired) electrons. The van der Waals surface area contributed by atoms with Crippen molar-refractivity contribution in [2.75, 3.05) is 20.6 Å². The van der Waals surface area contributed by atoms with Crippen molar-refractivity contribution in [2.24, 2.45) is 0 Å². The summed E-state index contributed by atoms with van der Waals surface area (Å²) in [6.07, 6.45) is -0.112. The van der Waals surface area contributed by atoms with Gasteiger partial charge in [0.15, 0.2) is 11.5 Å². The maximum absolute atomic E-state index is 13.0. The number of rotatable bonds is 11. The molecule has 2 atom stereocenters. The van der Waals surface area contributed by atoms with Crippen molar-refractivity contribution in [1.82, 2.24) is 5.09 Å². The Labute approximate surface area is 164 Å². The minimum Gasteiger partial charge on any atom is -0.504 e. The average Bonchev–Trinajstić information content (AvgIpc) is 2.61. The van der Waals surface area contributed by atoms with Gasteiger partial charge in [-0.15, -0.1) is 0 Å². The number of ether oxygens (including phenoxy) is 3. The third-order valence-electron chi connectivity index (χ3n) is 3.51. The van der Waals surface area contributed by atoms with Crippen molar-refractivity contribution < 1.29 is 38.0 Å². The molecule has 0 aromatic heterocycles. The normalized spacial score (nSPS) is 14.2. The summed E-state index contributed by atoms with van der Waals surface area (Å²) >= 11 is 0. The molecular weight excluding hydrogens is 389 g/mol. The first-order chi connectivity index (χ1) is 13.1. The van der Waals surface area contributed by atoms with E-state index in [1.807, 2.05) is 0 Å². The Morgan fingerprint density at radius 3 is 2.43 bits per heavy atom. The molecule has 0 saturated heterocycles. The summed E-state index contributed by atoms with van der Waals surface area (Å²) in [5.74, 6) is -1.25. The van der Waals surface area contributed by atoms with E-state index in [2.05, 4.69) is 9.82 Å². The van der Waals surface area contributed by atoms with Crippen LogP contribution < -0.4 is 9.61 Å². The maximum Gasteiger partial charge on any atom is 0.342 e. The van der Waals surface area contributed by atoms with Gasteiger partial charge < -0.3 is 23.8 Å². The lowest BCUT2D eigenvalue weighted by Crippen LogP contribution is -2.36. The molecule has 2 N–H and O–H groups in total. The Morgan fingerprint density at radius 2 is 1.89 bits per heavy atom.